The number of carbonyl (C=O) groups is 3. The largest absolute Gasteiger partial charge is 0.394 e. The van der Waals surface area contributed by atoms with Crippen molar-refractivity contribution in [2.24, 2.45) is 17.8 Å². The summed E-state index contributed by atoms with van der Waals surface area (Å²) in [6, 6.07) is -1.45. The second-order valence-corrected chi connectivity index (χ2v) is 10.9. The van der Waals surface area contributed by atoms with Crippen molar-refractivity contribution in [3.8, 4) is 0 Å². The summed E-state index contributed by atoms with van der Waals surface area (Å²) in [6.07, 6.45) is 11.3. The highest BCUT2D eigenvalue weighted by Gasteiger charge is 2.75. The molecule has 3 amide bonds. The number of fused-ring (bicyclic) bond motifs is 2. The van der Waals surface area contributed by atoms with Gasteiger partial charge in [0.25, 0.3) is 0 Å². The van der Waals surface area contributed by atoms with E-state index in [4.69, 9.17) is 4.74 Å². The Bertz CT molecular complexity index is 918. The minimum atomic E-state index is -1.26. The van der Waals surface area contributed by atoms with Crippen LogP contribution in [0.15, 0.2) is 24.3 Å². The molecule has 0 bridgehead atoms. The SMILES string of the molecule is CCCCCN1CC=C[C@]23O[C@@]4(C)C=CCN(C)C(=O)[C@H]4[C@H]2C(=O)N([C@@H](CO)[C@@H](C)CC)C3C1=O. The lowest BCUT2D eigenvalue weighted by molar-refractivity contribution is -0.156. The van der Waals surface area contributed by atoms with Gasteiger partial charge in [0.2, 0.25) is 17.7 Å². The molecule has 0 aromatic heterocycles. The predicted octanol–water partition coefficient (Wildman–Crippen LogP) is 1.98. The number of amides is 3. The molecule has 0 aromatic carbocycles. The zero-order valence-electron chi connectivity index (χ0n) is 21.8. The molecule has 0 radical (unpaired) electrons. The van der Waals surface area contributed by atoms with Gasteiger partial charge in [-0.15, -0.1) is 0 Å². The van der Waals surface area contributed by atoms with Crippen LogP contribution in [0.3, 0.4) is 0 Å². The Labute approximate surface area is 208 Å². The van der Waals surface area contributed by atoms with Crippen molar-refractivity contribution < 1.29 is 24.2 Å². The maximum atomic E-state index is 14.3. The number of aliphatic hydroxyl groups excluding tert-OH is 1. The fourth-order valence-corrected chi connectivity index (χ4v) is 6.55. The summed E-state index contributed by atoms with van der Waals surface area (Å²) in [5, 5.41) is 10.4. The maximum absolute atomic E-state index is 14.3. The van der Waals surface area contributed by atoms with Crippen LogP contribution in [0.2, 0.25) is 0 Å². The highest BCUT2D eigenvalue weighted by atomic mass is 16.5. The van der Waals surface area contributed by atoms with Crippen molar-refractivity contribution in [2.45, 2.75) is 76.7 Å². The Balaban J connectivity index is 1.85. The van der Waals surface area contributed by atoms with Gasteiger partial charge in [0.15, 0.2) is 0 Å². The lowest BCUT2D eigenvalue weighted by Crippen LogP contribution is -2.59. The van der Waals surface area contributed by atoms with Crippen molar-refractivity contribution in [2.75, 3.05) is 33.3 Å². The molecule has 194 valence electrons. The van der Waals surface area contributed by atoms with Crippen LogP contribution < -0.4 is 0 Å². The molecular formula is C27H41N3O5. The number of likely N-dealkylation sites (N-methyl/N-ethyl adjacent to an activating group) is 1. The van der Waals surface area contributed by atoms with Gasteiger partial charge in [-0.3, -0.25) is 14.4 Å². The molecule has 0 aromatic rings. The van der Waals surface area contributed by atoms with E-state index in [1.54, 1.807) is 16.8 Å². The summed E-state index contributed by atoms with van der Waals surface area (Å²) >= 11 is 0. The number of carbonyl (C=O) groups excluding carboxylic acids is 3. The minimum Gasteiger partial charge on any atom is -0.394 e. The number of nitrogens with zero attached hydrogens (tertiary/aromatic N) is 3. The first kappa shape index (κ1) is 25.9. The monoisotopic (exact) mass is 487 g/mol. The fourth-order valence-electron chi connectivity index (χ4n) is 6.55. The van der Waals surface area contributed by atoms with E-state index in [9.17, 15) is 19.5 Å². The molecule has 1 N–H and O–H groups in total. The van der Waals surface area contributed by atoms with Gasteiger partial charge in [-0.1, -0.05) is 64.3 Å². The van der Waals surface area contributed by atoms with Crippen LogP contribution in [-0.2, 0) is 19.1 Å². The van der Waals surface area contributed by atoms with Gasteiger partial charge in [-0.25, -0.2) is 0 Å². The zero-order valence-corrected chi connectivity index (χ0v) is 21.8. The fraction of sp³-hybridized carbons (Fsp3) is 0.741. The topological polar surface area (TPSA) is 90.4 Å². The van der Waals surface area contributed by atoms with Crippen LogP contribution in [0.25, 0.3) is 0 Å². The molecule has 4 aliphatic heterocycles. The molecule has 4 heterocycles. The third-order valence-electron chi connectivity index (χ3n) is 8.66. The van der Waals surface area contributed by atoms with E-state index in [1.807, 2.05) is 50.0 Å². The normalized spacial score (nSPS) is 36.1. The molecule has 0 saturated carbocycles. The van der Waals surface area contributed by atoms with Gasteiger partial charge in [0.1, 0.15) is 11.6 Å². The van der Waals surface area contributed by atoms with Gasteiger partial charge >= 0.3 is 0 Å². The number of hydrogen-bond acceptors (Lipinski definition) is 5. The van der Waals surface area contributed by atoms with Crippen molar-refractivity contribution in [1.82, 2.24) is 14.7 Å². The van der Waals surface area contributed by atoms with Crippen molar-refractivity contribution in [1.29, 1.82) is 0 Å². The maximum Gasteiger partial charge on any atom is 0.249 e. The predicted molar refractivity (Wildman–Crippen MR) is 132 cm³/mol. The molecule has 2 fully saturated rings. The molecule has 7 atom stereocenters. The summed E-state index contributed by atoms with van der Waals surface area (Å²) in [4.78, 5) is 47.1. The summed E-state index contributed by atoms with van der Waals surface area (Å²) in [6.45, 7) is 9.22. The summed E-state index contributed by atoms with van der Waals surface area (Å²) < 4.78 is 6.79. The second kappa shape index (κ2) is 9.69. The number of rotatable bonds is 8. The first-order chi connectivity index (χ1) is 16.7. The van der Waals surface area contributed by atoms with Gasteiger partial charge in [-0.2, -0.15) is 0 Å². The van der Waals surface area contributed by atoms with Crippen LogP contribution in [0, 0.1) is 17.8 Å². The van der Waals surface area contributed by atoms with E-state index in [0.717, 1.165) is 25.7 Å². The number of aliphatic hydroxyl groups is 1. The molecule has 4 rings (SSSR count). The standard InChI is InChI=1S/C27H41N3O5/c1-6-8-9-15-29-16-11-13-27-21(20-23(32)28(5)14-10-12-26(20,4)35-27)24(33)30(22(27)25(29)34)19(17-31)18(3)7-2/h10-13,18-22,31H,6-9,14-17H2,1-5H3/t18-,19-,20+,21-,22?,26-,27-/m0/s1. The molecule has 35 heavy (non-hydrogen) atoms. The average molecular weight is 488 g/mol. The van der Waals surface area contributed by atoms with E-state index in [1.165, 1.54) is 0 Å². The third kappa shape index (κ3) is 3.93. The smallest absolute Gasteiger partial charge is 0.249 e. The Hall–Kier alpha value is -2.19. The van der Waals surface area contributed by atoms with Crippen molar-refractivity contribution >= 4 is 17.7 Å². The van der Waals surface area contributed by atoms with E-state index in [0.29, 0.717) is 19.6 Å². The molecular weight excluding hydrogens is 446 g/mol. The third-order valence-corrected chi connectivity index (χ3v) is 8.66. The number of unbranched alkanes of at least 4 members (excludes halogenated alkanes) is 2. The van der Waals surface area contributed by atoms with Crippen LogP contribution in [0.4, 0.5) is 0 Å². The first-order valence-electron chi connectivity index (χ1n) is 13.2. The Morgan fingerprint density at radius 2 is 1.77 bits per heavy atom. The van der Waals surface area contributed by atoms with Gasteiger partial charge < -0.3 is 24.5 Å². The summed E-state index contributed by atoms with van der Waals surface area (Å²) in [5.74, 6) is -2.17. The van der Waals surface area contributed by atoms with Gasteiger partial charge in [0.05, 0.1) is 30.1 Å². The summed E-state index contributed by atoms with van der Waals surface area (Å²) in [5.41, 5.74) is -2.26. The number of hydrogen-bond donors (Lipinski definition) is 1. The lowest BCUT2D eigenvalue weighted by Gasteiger charge is -2.41. The molecule has 1 unspecified atom stereocenters. The van der Waals surface area contributed by atoms with Crippen LogP contribution >= 0.6 is 0 Å². The number of likely N-dealkylation sites (tertiary alicyclic amines) is 1. The van der Waals surface area contributed by atoms with Crippen LogP contribution in [-0.4, -0.2) is 94.1 Å². The lowest BCUT2D eigenvalue weighted by atomic mass is 9.74. The molecule has 2 saturated heterocycles. The van der Waals surface area contributed by atoms with E-state index < -0.39 is 35.1 Å². The second-order valence-electron chi connectivity index (χ2n) is 10.9. The minimum absolute atomic E-state index is 0.0211. The molecule has 0 aliphatic carbocycles. The highest BCUT2D eigenvalue weighted by molar-refractivity contribution is 6.00. The van der Waals surface area contributed by atoms with Gasteiger partial charge in [0, 0.05) is 26.7 Å². The highest BCUT2D eigenvalue weighted by Crippen LogP contribution is 2.58. The zero-order chi connectivity index (χ0) is 25.5. The van der Waals surface area contributed by atoms with Crippen LogP contribution in [0.1, 0.15) is 53.4 Å². The van der Waals surface area contributed by atoms with Gasteiger partial charge in [-0.05, 0) is 19.3 Å². The molecule has 8 heteroatoms. The summed E-state index contributed by atoms with van der Waals surface area (Å²) in [7, 11) is 1.73. The number of ether oxygens (including phenoxy) is 1. The molecule has 8 nitrogen and oxygen atoms in total. The Morgan fingerprint density at radius 3 is 2.43 bits per heavy atom. The Kier molecular flexibility index (Phi) is 7.17. The average Bonchev–Trinajstić information content (AvgIpc) is 3.11. The first-order valence-corrected chi connectivity index (χ1v) is 13.2. The molecule has 4 aliphatic rings. The van der Waals surface area contributed by atoms with E-state index >= 15 is 0 Å². The van der Waals surface area contributed by atoms with Crippen LogP contribution in [0.5, 0.6) is 0 Å². The van der Waals surface area contributed by atoms with Crippen molar-refractivity contribution in [3.05, 3.63) is 24.3 Å². The van der Waals surface area contributed by atoms with Crippen molar-refractivity contribution in [3.63, 3.8) is 0 Å². The van der Waals surface area contributed by atoms with E-state index in [-0.39, 0.29) is 30.2 Å². The molecule has 1 spiro atoms. The Morgan fingerprint density at radius 1 is 1.06 bits per heavy atom. The quantitative estimate of drug-likeness (QED) is 0.418. The van der Waals surface area contributed by atoms with E-state index in [2.05, 4.69) is 6.92 Å².